The number of hydrogen-bond acceptors (Lipinski definition) is 5. The standard InChI is InChI=1S/C28H26F3N3O4S/c1-2-37-21-11-7-19(8-12-21)27(36)32-15-16-34-17-25(23-5-3-4-6-24(23)34)39-18-26(35)33-20-9-13-22(14-10-20)38-28(29,30)31/h3-14,17H,2,15-16,18H2,1H3,(H,32,36)(H,33,35). The molecule has 0 aliphatic carbocycles. The molecule has 0 saturated carbocycles. The molecule has 0 aliphatic heterocycles. The molecule has 0 unspecified atom stereocenters. The second-order valence-corrected chi connectivity index (χ2v) is 9.34. The number of anilines is 1. The SMILES string of the molecule is CCOc1ccc(C(=O)NCCn2cc(SCC(=O)Nc3ccc(OC(F)(F)F)cc3)c3ccccc32)cc1. The Morgan fingerprint density at radius 3 is 2.33 bits per heavy atom. The quantitative estimate of drug-likeness (QED) is 0.218. The summed E-state index contributed by atoms with van der Waals surface area (Å²) in [5.74, 6) is -0.0374. The summed E-state index contributed by atoms with van der Waals surface area (Å²) in [4.78, 5) is 25.9. The minimum absolute atomic E-state index is 0.100. The Morgan fingerprint density at radius 1 is 0.949 bits per heavy atom. The van der Waals surface area contributed by atoms with E-state index in [9.17, 15) is 22.8 Å². The zero-order valence-corrected chi connectivity index (χ0v) is 21.8. The van der Waals surface area contributed by atoms with Gasteiger partial charge in [-0.15, -0.1) is 24.9 Å². The van der Waals surface area contributed by atoms with Crippen molar-refractivity contribution >= 4 is 40.2 Å². The molecular weight excluding hydrogens is 531 g/mol. The van der Waals surface area contributed by atoms with Gasteiger partial charge < -0.3 is 24.7 Å². The third-order valence-electron chi connectivity index (χ3n) is 5.55. The van der Waals surface area contributed by atoms with Crippen molar-refractivity contribution in [3.05, 3.63) is 84.6 Å². The van der Waals surface area contributed by atoms with Crippen LogP contribution in [-0.4, -0.2) is 41.6 Å². The number of ether oxygens (including phenoxy) is 2. The second kappa shape index (κ2) is 12.6. The largest absolute Gasteiger partial charge is 0.573 e. The molecule has 204 valence electrons. The number of alkyl halides is 3. The first-order chi connectivity index (χ1) is 18.7. The van der Waals surface area contributed by atoms with Crippen LogP contribution in [0.1, 0.15) is 17.3 Å². The Bertz CT molecular complexity index is 1420. The Balaban J connectivity index is 1.32. The molecule has 0 aliphatic rings. The number of amides is 2. The first kappa shape index (κ1) is 27.9. The third kappa shape index (κ3) is 7.93. The van der Waals surface area contributed by atoms with E-state index in [0.717, 1.165) is 27.9 Å². The molecule has 1 heterocycles. The highest BCUT2D eigenvalue weighted by Crippen LogP contribution is 2.30. The zero-order chi connectivity index (χ0) is 27.8. The summed E-state index contributed by atoms with van der Waals surface area (Å²) in [6.07, 6.45) is -2.84. The Labute approximate surface area is 227 Å². The normalized spacial score (nSPS) is 11.3. The lowest BCUT2D eigenvalue weighted by Gasteiger charge is -2.10. The zero-order valence-electron chi connectivity index (χ0n) is 21.0. The summed E-state index contributed by atoms with van der Waals surface area (Å²) in [6.45, 7) is 3.39. The average molecular weight is 558 g/mol. The summed E-state index contributed by atoms with van der Waals surface area (Å²) in [5, 5.41) is 6.57. The Morgan fingerprint density at radius 2 is 1.64 bits per heavy atom. The van der Waals surface area contributed by atoms with E-state index < -0.39 is 6.36 Å². The first-order valence-corrected chi connectivity index (χ1v) is 13.1. The van der Waals surface area contributed by atoms with Crippen molar-refractivity contribution < 1.29 is 32.2 Å². The van der Waals surface area contributed by atoms with Gasteiger partial charge in [0.1, 0.15) is 11.5 Å². The Hall–Kier alpha value is -4.12. The molecule has 3 aromatic carbocycles. The van der Waals surface area contributed by atoms with Crippen molar-refractivity contribution in [3.8, 4) is 11.5 Å². The van der Waals surface area contributed by atoms with Crippen LogP contribution in [-0.2, 0) is 11.3 Å². The van der Waals surface area contributed by atoms with E-state index in [-0.39, 0.29) is 23.3 Å². The number of benzene rings is 3. The number of nitrogens with one attached hydrogen (secondary N) is 2. The van der Waals surface area contributed by atoms with Gasteiger partial charge in [0.15, 0.2) is 0 Å². The number of carbonyl (C=O) groups is 2. The molecule has 39 heavy (non-hydrogen) atoms. The van der Waals surface area contributed by atoms with Crippen LogP contribution in [0.25, 0.3) is 10.9 Å². The number of hydrogen-bond donors (Lipinski definition) is 2. The van der Waals surface area contributed by atoms with Crippen molar-refractivity contribution in [2.45, 2.75) is 24.7 Å². The number of thioether (sulfide) groups is 1. The van der Waals surface area contributed by atoms with Crippen molar-refractivity contribution in [2.75, 3.05) is 24.2 Å². The van der Waals surface area contributed by atoms with Gasteiger partial charge in [-0.1, -0.05) is 18.2 Å². The van der Waals surface area contributed by atoms with E-state index >= 15 is 0 Å². The Kier molecular flexibility index (Phi) is 9.03. The lowest BCUT2D eigenvalue weighted by molar-refractivity contribution is -0.274. The summed E-state index contributed by atoms with van der Waals surface area (Å²) < 4.78 is 48.2. The van der Waals surface area contributed by atoms with Crippen molar-refractivity contribution in [3.63, 3.8) is 0 Å². The molecule has 2 N–H and O–H groups in total. The molecule has 0 bridgehead atoms. The third-order valence-corrected chi connectivity index (χ3v) is 6.59. The summed E-state index contributed by atoms with van der Waals surface area (Å²) in [7, 11) is 0. The highest BCUT2D eigenvalue weighted by Gasteiger charge is 2.31. The minimum atomic E-state index is -4.78. The van der Waals surface area contributed by atoms with Crippen molar-refractivity contribution in [1.29, 1.82) is 0 Å². The molecule has 2 amide bonds. The molecule has 0 radical (unpaired) electrons. The predicted molar refractivity (Wildman–Crippen MR) is 144 cm³/mol. The summed E-state index contributed by atoms with van der Waals surface area (Å²) in [5.41, 5.74) is 1.87. The fourth-order valence-electron chi connectivity index (χ4n) is 3.85. The molecular formula is C28H26F3N3O4S. The van der Waals surface area contributed by atoms with E-state index in [4.69, 9.17) is 4.74 Å². The molecule has 4 rings (SSSR count). The topological polar surface area (TPSA) is 81.6 Å². The maximum absolute atomic E-state index is 12.5. The van der Waals surface area contributed by atoms with E-state index in [1.165, 1.54) is 23.9 Å². The maximum atomic E-state index is 12.5. The van der Waals surface area contributed by atoms with Gasteiger partial charge in [0.05, 0.1) is 12.4 Å². The van der Waals surface area contributed by atoms with Crippen molar-refractivity contribution in [1.82, 2.24) is 9.88 Å². The van der Waals surface area contributed by atoms with E-state index in [1.54, 1.807) is 24.3 Å². The van der Waals surface area contributed by atoms with Crippen LogP contribution in [0.5, 0.6) is 11.5 Å². The molecule has 0 saturated heterocycles. The minimum Gasteiger partial charge on any atom is -0.494 e. The number of halogens is 3. The monoisotopic (exact) mass is 557 g/mol. The summed E-state index contributed by atoms with van der Waals surface area (Å²) >= 11 is 1.35. The second-order valence-electron chi connectivity index (χ2n) is 8.33. The van der Waals surface area contributed by atoms with Gasteiger partial charge in [0, 0.05) is 46.3 Å². The molecule has 7 nitrogen and oxygen atoms in total. The van der Waals surface area contributed by atoms with E-state index in [1.807, 2.05) is 42.0 Å². The van der Waals surface area contributed by atoms with E-state index in [0.29, 0.717) is 36.7 Å². The van der Waals surface area contributed by atoms with Gasteiger partial charge in [0.25, 0.3) is 5.91 Å². The number of fused-ring (bicyclic) bond motifs is 1. The van der Waals surface area contributed by atoms with E-state index in [2.05, 4.69) is 15.4 Å². The lowest BCUT2D eigenvalue weighted by atomic mass is 10.2. The van der Waals surface area contributed by atoms with Crippen LogP contribution in [0.15, 0.2) is 83.9 Å². The lowest BCUT2D eigenvalue weighted by Crippen LogP contribution is -2.27. The number of carbonyl (C=O) groups excluding carboxylic acids is 2. The highest BCUT2D eigenvalue weighted by molar-refractivity contribution is 8.00. The van der Waals surface area contributed by atoms with Gasteiger partial charge in [-0.2, -0.15) is 0 Å². The molecule has 0 spiro atoms. The number of para-hydroxylation sites is 1. The van der Waals surface area contributed by atoms with Gasteiger partial charge >= 0.3 is 6.36 Å². The fourth-order valence-corrected chi connectivity index (χ4v) is 4.74. The van der Waals surface area contributed by atoms with Gasteiger partial charge in [0.2, 0.25) is 5.91 Å². The molecule has 4 aromatic rings. The van der Waals surface area contributed by atoms with Gasteiger partial charge in [-0.3, -0.25) is 9.59 Å². The van der Waals surface area contributed by atoms with Crippen LogP contribution in [0.2, 0.25) is 0 Å². The highest BCUT2D eigenvalue weighted by atomic mass is 32.2. The molecule has 1 aromatic heterocycles. The smallest absolute Gasteiger partial charge is 0.494 e. The van der Waals surface area contributed by atoms with Crippen LogP contribution < -0.4 is 20.1 Å². The van der Waals surface area contributed by atoms with Crippen LogP contribution in [0.3, 0.4) is 0 Å². The van der Waals surface area contributed by atoms with Crippen molar-refractivity contribution in [2.24, 2.45) is 0 Å². The van der Waals surface area contributed by atoms with Crippen LogP contribution in [0, 0.1) is 0 Å². The van der Waals surface area contributed by atoms with Crippen LogP contribution >= 0.6 is 11.8 Å². The van der Waals surface area contributed by atoms with Gasteiger partial charge in [-0.05, 0) is 61.5 Å². The summed E-state index contributed by atoms with van der Waals surface area (Å²) in [6, 6.07) is 19.7. The molecule has 0 atom stereocenters. The van der Waals surface area contributed by atoms with Crippen LogP contribution in [0.4, 0.5) is 18.9 Å². The predicted octanol–water partition coefficient (Wildman–Crippen LogP) is 6.10. The average Bonchev–Trinajstić information content (AvgIpc) is 3.26. The fraction of sp³-hybridized carbons (Fsp3) is 0.214. The number of nitrogens with zero attached hydrogens (tertiary/aromatic N) is 1. The maximum Gasteiger partial charge on any atom is 0.573 e. The van der Waals surface area contributed by atoms with Gasteiger partial charge in [-0.25, -0.2) is 0 Å². The first-order valence-electron chi connectivity index (χ1n) is 12.1. The molecule has 11 heteroatoms. The number of rotatable bonds is 11. The number of aromatic nitrogens is 1. The molecule has 0 fully saturated rings.